The maximum absolute atomic E-state index is 12.5. The Hall–Kier alpha value is -1.93. The van der Waals surface area contributed by atoms with E-state index in [0.29, 0.717) is 27.0 Å². The molecule has 0 spiro atoms. The standard InChI is InChI=1S/C15H12Br2N2O4/c1-8-5-10(19(21)22)3-4-13(8)18-15(20)11-6-9(16)7-12(17)14(11)23-2/h3-7H,1-2H3,(H,18,20). The molecule has 6 nitrogen and oxygen atoms in total. The highest BCUT2D eigenvalue weighted by Gasteiger charge is 2.18. The van der Waals surface area contributed by atoms with E-state index < -0.39 is 4.92 Å². The lowest BCUT2D eigenvalue weighted by molar-refractivity contribution is -0.384. The van der Waals surface area contributed by atoms with Crippen LogP contribution in [0.25, 0.3) is 0 Å². The summed E-state index contributed by atoms with van der Waals surface area (Å²) in [5, 5.41) is 13.5. The predicted octanol–water partition coefficient (Wildman–Crippen LogP) is 4.69. The van der Waals surface area contributed by atoms with Crippen LogP contribution in [-0.4, -0.2) is 17.9 Å². The molecule has 0 radical (unpaired) electrons. The molecule has 0 heterocycles. The number of nitrogens with one attached hydrogen (secondary N) is 1. The van der Waals surface area contributed by atoms with Gasteiger partial charge in [-0.1, -0.05) is 15.9 Å². The Morgan fingerprint density at radius 1 is 1.26 bits per heavy atom. The molecule has 0 bridgehead atoms. The molecule has 0 aliphatic carbocycles. The fourth-order valence-electron chi connectivity index (χ4n) is 2.03. The highest BCUT2D eigenvalue weighted by atomic mass is 79.9. The maximum Gasteiger partial charge on any atom is 0.269 e. The molecule has 0 fully saturated rings. The molecule has 2 aromatic carbocycles. The highest BCUT2D eigenvalue weighted by molar-refractivity contribution is 9.11. The largest absolute Gasteiger partial charge is 0.495 e. The van der Waals surface area contributed by atoms with E-state index in [1.165, 1.54) is 25.3 Å². The molecular formula is C15H12Br2N2O4. The Kier molecular flexibility index (Phi) is 5.38. The lowest BCUT2D eigenvalue weighted by Gasteiger charge is -2.13. The number of nitrogens with zero attached hydrogens (tertiary/aromatic N) is 1. The number of benzene rings is 2. The second-order valence-electron chi connectivity index (χ2n) is 4.68. The molecule has 2 aromatic rings. The van der Waals surface area contributed by atoms with Gasteiger partial charge in [-0.05, 0) is 46.6 Å². The molecule has 0 unspecified atom stereocenters. The lowest BCUT2D eigenvalue weighted by atomic mass is 10.1. The van der Waals surface area contributed by atoms with Gasteiger partial charge in [0.05, 0.1) is 22.1 Å². The van der Waals surface area contributed by atoms with E-state index in [-0.39, 0.29) is 11.6 Å². The van der Waals surface area contributed by atoms with Crippen LogP contribution in [0.2, 0.25) is 0 Å². The van der Waals surface area contributed by atoms with Gasteiger partial charge in [-0.15, -0.1) is 0 Å². The fraction of sp³-hybridized carbons (Fsp3) is 0.133. The molecule has 0 atom stereocenters. The molecule has 0 aromatic heterocycles. The van der Waals surface area contributed by atoms with E-state index in [9.17, 15) is 14.9 Å². The summed E-state index contributed by atoms with van der Waals surface area (Å²) in [6.45, 7) is 1.69. The fourth-order valence-corrected chi connectivity index (χ4v) is 3.41. The van der Waals surface area contributed by atoms with E-state index in [1.807, 2.05) is 0 Å². The van der Waals surface area contributed by atoms with Gasteiger partial charge in [0, 0.05) is 22.3 Å². The zero-order chi connectivity index (χ0) is 17.1. The van der Waals surface area contributed by atoms with Crippen molar-refractivity contribution in [2.75, 3.05) is 12.4 Å². The summed E-state index contributed by atoms with van der Waals surface area (Å²) in [6.07, 6.45) is 0. The van der Waals surface area contributed by atoms with Crippen LogP contribution in [0.5, 0.6) is 5.75 Å². The smallest absolute Gasteiger partial charge is 0.269 e. The van der Waals surface area contributed by atoms with Crippen molar-refractivity contribution in [1.29, 1.82) is 0 Å². The number of ether oxygens (including phenoxy) is 1. The number of hydrogen-bond donors (Lipinski definition) is 1. The molecule has 0 saturated carbocycles. The van der Waals surface area contributed by atoms with Crippen molar-refractivity contribution in [2.45, 2.75) is 6.92 Å². The number of rotatable bonds is 4. The molecule has 0 aliphatic rings. The van der Waals surface area contributed by atoms with Crippen molar-refractivity contribution in [3.63, 3.8) is 0 Å². The topological polar surface area (TPSA) is 81.5 Å². The number of methoxy groups -OCH3 is 1. The number of amides is 1. The van der Waals surface area contributed by atoms with Gasteiger partial charge in [-0.25, -0.2) is 0 Å². The maximum atomic E-state index is 12.5. The van der Waals surface area contributed by atoms with Crippen molar-refractivity contribution >= 4 is 49.1 Å². The number of nitro benzene ring substituents is 1. The van der Waals surface area contributed by atoms with Gasteiger partial charge in [0.25, 0.3) is 11.6 Å². The minimum atomic E-state index is -0.479. The van der Waals surface area contributed by atoms with E-state index in [1.54, 1.807) is 19.1 Å². The van der Waals surface area contributed by atoms with Crippen LogP contribution in [0.1, 0.15) is 15.9 Å². The summed E-state index contributed by atoms with van der Waals surface area (Å²) >= 11 is 6.67. The monoisotopic (exact) mass is 442 g/mol. The Labute approximate surface area is 149 Å². The third-order valence-electron chi connectivity index (χ3n) is 3.13. The number of carbonyl (C=O) groups is 1. The van der Waals surface area contributed by atoms with E-state index in [0.717, 1.165) is 4.47 Å². The number of nitro groups is 1. The van der Waals surface area contributed by atoms with Gasteiger partial charge in [-0.3, -0.25) is 14.9 Å². The van der Waals surface area contributed by atoms with Gasteiger partial charge < -0.3 is 10.1 Å². The minimum Gasteiger partial charge on any atom is -0.495 e. The van der Waals surface area contributed by atoms with Crippen molar-refractivity contribution in [3.05, 3.63) is 60.5 Å². The number of hydrogen-bond acceptors (Lipinski definition) is 4. The first-order valence-electron chi connectivity index (χ1n) is 6.43. The van der Waals surface area contributed by atoms with Crippen molar-refractivity contribution in [1.82, 2.24) is 0 Å². The molecule has 0 saturated heterocycles. The molecule has 8 heteroatoms. The summed E-state index contributed by atoms with van der Waals surface area (Å²) in [7, 11) is 1.47. The highest BCUT2D eigenvalue weighted by Crippen LogP contribution is 2.33. The zero-order valence-electron chi connectivity index (χ0n) is 12.2. The molecule has 1 N–H and O–H groups in total. The van der Waals surface area contributed by atoms with Crippen LogP contribution in [0.4, 0.5) is 11.4 Å². The van der Waals surface area contributed by atoms with Crippen LogP contribution < -0.4 is 10.1 Å². The average molecular weight is 444 g/mol. The predicted molar refractivity (Wildman–Crippen MR) is 94.2 cm³/mol. The van der Waals surface area contributed by atoms with Crippen molar-refractivity contribution in [2.24, 2.45) is 0 Å². The van der Waals surface area contributed by atoms with Crippen LogP contribution >= 0.6 is 31.9 Å². The molecule has 0 aliphatic heterocycles. The third-order valence-corrected chi connectivity index (χ3v) is 4.17. The number of non-ortho nitro benzene ring substituents is 1. The number of anilines is 1. The summed E-state index contributed by atoms with van der Waals surface area (Å²) in [6, 6.07) is 7.66. The Balaban J connectivity index is 2.35. The van der Waals surface area contributed by atoms with Gasteiger partial charge in [-0.2, -0.15) is 0 Å². The Morgan fingerprint density at radius 3 is 2.52 bits per heavy atom. The summed E-state index contributed by atoms with van der Waals surface area (Å²) in [4.78, 5) is 22.8. The quantitative estimate of drug-likeness (QED) is 0.548. The molecule has 1 amide bonds. The average Bonchev–Trinajstić information content (AvgIpc) is 2.48. The third kappa shape index (κ3) is 3.89. The second kappa shape index (κ2) is 7.10. The first-order chi connectivity index (χ1) is 10.8. The second-order valence-corrected chi connectivity index (χ2v) is 6.45. The minimum absolute atomic E-state index is 0.0247. The molecule has 2 rings (SSSR count). The van der Waals surface area contributed by atoms with Crippen molar-refractivity contribution < 1.29 is 14.5 Å². The summed E-state index contributed by atoms with van der Waals surface area (Å²) in [5.74, 6) is 0.0334. The van der Waals surface area contributed by atoms with Crippen LogP contribution in [0, 0.1) is 17.0 Å². The van der Waals surface area contributed by atoms with Crippen LogP contribution in [0.15, 0.2) is 39.3 Å². The molecular weight excluding hydrogens is 432 g/mol. The van der Waals surface area contributed by atoms with Crippen LogP contribution in [-0.2, 0) is 0 Å². The first-order valence-corrected chi connectivity index (χ1v) is 8.01. The normalized spacial score (nSPS) is 10.3. The molecule has 120 valence electrons. The SMILES string of the molecule is COc1c(Br)cc(Br)cc1C(=O)Nc1ccc([N+](=O)[O-])cc1C. The van der Waals surface area contributed by atoms with Gasteiger partial charge in [0.1, 0.15) is 5.75 Å². The van der Waals surface area contributed by atoms with E-state index in [4.69, 9.17) is 4.74 Å². The van der Waals surface area contributed by atoms with E-state index >= 15 is 0 Å². The van der Waals surface area contributed by atoms with Gasteiger partial charge in [0.15, 0.2) is 0 Å². The Bertz CT molecular complexity index is 793. The van der Waals surface area contributed by atoms with E-state index in [2.05, 4.69) is 37.2 Å². The van der Waals surface area contributed by atoms with Crippen molar-refractivity contribution in [3.8, 4) is 5.75 Å². The Morgan fingerprint density at radius 2 is 1.96 bits per heavy atom. The lowest BCUT2D eigenvalue weighted by Crippen LogP contribution is -2.14. The number of aryl methyl sites for hydroxylation is 1. The summed E-state index contributed by atoms with van der Waals surface area (Å²) < 4.78 is 6.61. The van der Waals surface area contributed by atoms with Crippen LogP contribution in [0.3, 0.4) is 0 Å². The zero-order valence-corrected chi connectivity index (χ0v) is 15.4. The summed E-state index contributed by atoms with van der Waals surface area (Å²) in [5.41, 5.74) is 1.41. The van der Waals surface area contributed by atoms with Gasteiger partial charge >= 0.3 is 0 Å². The number of carbonyl (C=O) groups excluding carboxylic acids is 1. The van der Waals surface area contributed by atoms with Gasteiger partial charge in [0.2, 0.25) is 0 Å². The molecule has 23 heavy (non-hydrogen) atoms. The first kappa shape index (κ1) is 17.4. The number of halogens is 2.